The summed E-state index contributed by atoms with van der Waals surface area (Å²) in [5.41, 5.74) is 2.18. The SMILES string of the molecule is O=C1CCC(CCN2CC(N3CCCC(O)C3)C2)(c2ccc(Cl)c(Cl)c2)CN1Cc1ccccc1. The monoisotopic (exact) mass is 515 g/mol. The Hall–Kier alpha value is -1.63. The molecule has 3 saturated heterocycles. The molecule has 3 aliphatic heterocycles. The first-order chi connectivity index (χ1) is 16.9. The molecule has 0 aromatic heterocycles. The zero-order valence-corrected chi connectivity index (χ0v) is 21.7. The second kappa shape index (κ2) is 10.8. The standard InChI is InChI=1S/C28H35Cl2N3O2/c29-25-9-8-22(15-26(25)30)28(11-10-27(35)33(20-28)16-21-5-2-1-3-6-21)12-14-31-17-23(18-31)32-13-4-7-24(34)19-32/h1-3,5-6,8-9,15,23-24,34H,4,7,10-14,16-20H2. The van der Waals surface area contributed by atoms with E-state index in [4.69, 9.17) is 23.2 Å². The number of carbonyl (C=O) groups excluding carboxylic acids is 1. The van der Waals surface area contributed by atoms with Crippen molar-refractivity contribution in [3.8, 4) is 0 Å². The molecule has 2 atom stereocenters. The van der Waals surface area contributed by atoms with Gasteiger partial charge in [-0.1, -0.05) is 59.6 Å². The number of aliphatic hydroxyl groups excluding tert-OH is 1. The van der Waals surface area contributed by atoms with Crippen molar-refractivity contribution >= 4 is 29.1 Å². The number of β-amino-alcohol motifs (C(OH)–C–C–N with tert-alkyl or cyclic N) is 1. The molecule has 0 aliphatic carbocycles. The number of nitrogens with zero attached hydrogens (tertiary/aromatic N) is 3. The molecule has 2 aromatic rings. The molecular weight excluding hydrogens is 481 g/mol. The van der Waals surface area contributed by atoms with E-state index in [-0.39, 0.29) is 17.4 Å². The minimum atomic E-state index is -0.175. The first kappa shape index (κ1) is 25.0. The van der Waals surface area contributed by atoms with E-state index >= 15 is 0 Å². The number of benzene rings is 2. The molecule has 0 radical (unpaired) electrons. The zero-order chi connectivity index (χ0) is 24.4. The van der Waals surface area contributed by atoms with E-state index in [2.05, 4.69) is 28.0 Å². The van der Waals surface area contributed by atoms with E-state index in [1.165, 1.54) is 5.56 Å². The van der Waals surface area contributed by atoms with E-state index in [0.717, 1.165) is 64.0 Å². The van der Waals surface area contributed by atoms with Crippen molar-refractivity contribution in [2.75, 3.05) is 39.3 Å². The molecule has 1 amide bonds. The minimum absolute atomic E-state index is 0.149. The summed E-state index contributed by atoms with van der Waals surface area (Å²) in [6, 6.07) is 16.8. The number of hydrogen-bond donors (Lipinski definition) is 1. The Labute approximate surface area is 218 Å². The molecule has 1 N–H and O–H groups in total. The normalized spacial score (nSPS) is 26.7. The van der Waals surface area contributed by atoms with Crippen LogP contribution in [-0.2, 0) is 16.8 Å². The maximum atomic E-state index is 12.9. The maximum absolute atomic E-state index is 12.9. The molecule has 0 bridgehead atoms. The average molecular weight is 517 g/mol. The van der Waals surface area contributed by atoms with E-state index < -0.39 is 0 Å². The quantitative estimate of drug-likeness (QED) is 0.585. The first-order valence-corrected chi connectivity index (χ1v) is 13.6. The Balaban J connectivity index is 1.29. The van der Waals surface area contributed by atoms with E-state index in [1.807, 2.05) is 35.2 Å². The highest BCUT2D eigenvalue weighted by molar-refractivity contribution is 6.42. The van der Waals surface area contributed by atoms with Crippen molar-refractivity contribution in [3.63, 3.8) is 0 Å². The molecule has 0 saturated carbocycles. The second-order valence-corrected chi connectivity index (χ2v) is 11.4. The summed E-state index contributed by atoms with van der Waals surface area (Å²) in [7, 11) is 0. The van der Waals surface area contributed by atoms with E-state index in [9.17, 15) is 9.90 Å². The second-order valence-electron chi connectivity index (χ2n) is 10.6. The van der Waals surface area contributed by atoms with Crippen LogP contribution in [0.4, 0.5) is 0 Å². The summed E-state index contributed by atoms with van der Waals surface area (Å²) in [4.78, 5) is 19.9. The van der Waals surface area contributed by atoms with Gasteiger partial charge in [0.15, 0.2) is 0 Å². The number of amides is 1. The summed E-state index contributed by atoms with van der Waals surface area (Å²) in [5.74, 6) is 0.220. The minimum Gasteiger partial charge on any atom is -0.392 e. The third kappa shape index (κ3) is 5.70. The van der Waals surface area contributed by atoms with Crippen LogP contribution in [0.15, 0.2) is 48.5 Å². The molecule has 5 rings (SSSR count). The topological polar surface area (TPSA) is 47.0 Å². The van der Waals surface area contributed by atoms with Gasteiger partial charge in [-0.2, -0.15) is 0 Å². The van der Waals surface area contributed by atoms with Crippen LogP contribution in [-0.4, -0.2) is 77.1 Å². The molecule has 3 aliphatic rings. The van der Waals surface area contributed by atoms with Crippen LogP contribution in [0.25, 0.3) is 0 Å². The Kier molecular flexibility index (Phi) is 7.71. The molecular formula is C28H35Cl2N3O2. The predicted octanol–water partition coefficient (Wildman–Crippen LogP) is 4.58. The molecule has 0 spiro atoms. The van der Waals surface area contributed by atoms with Crippen LogP contribution >= 0.6 is 23.2 Å². The Morgan fingerprint density at radius 2 is 1.83 bits per heavy atom. The lowest BCUT2D eigenvalue weighted by Gasteiger charge is -2.49. The van der Waals surface area contributed by atoms with Crippen LogP contribution < -0.4 is 0 Å². The summed E-state index contributed by atoms with van der Waals surface area (Å²) in [6.07, 6.45) is 4.18. The molecule has 188 valence electrons. The van der Waals surface area contributed by atoms with Gasteiger partial charge >= 0.3 is 0 Å². The summed E-state index contributed by atoms with van der Waals surface area (Å²) in [5, 5.41) is 11.2. The predicted molar refractivity (Wildman–Crippen MR) is 141 cm³/mol. The average Bonchev–Trinajstić information content (AvgIpc) is 2.82. The van der Waals surface area contributed by atoms with Crippen molar-refractivity contribution in [2.24, 2.45) is 0 Å². The maximum Gasteiger partial charge on any atom is 0.222 e. The first-order valence-electron chi connectivity index (χ1n) is 12.8. The number of rotatable bonds is 7. The number of hydrogen-bond acceptors (Lipinski definition) is 4. The van der Waals surface area contributed by atoms with Gasteiger partial charge in [0.25, 0.3) is 0 Å². The number of likely N-dealkylation sites (tertiary alicyclic amines) is 3. The lowest BCUT2D eigenvalue weighted by Crippen LogP contribution is -2.62. The summed E-state index contributed by atoms with van der Waals surface area (Å²) >= 11 is 12.7. The van der Waals surface area contributed by atoms with Gasteiger partial charge in [0.05, 0.1) is 16.1 Å². The lowest BCUT2D eigenvalue weighted by atomic mass is 9.71. The third-order valence-corrected chi connectivity index (χ3v) is 8.94. The highest BCUT2D eigenvalue weighted by Gasteiger charge is 2.42. The fourth-order valence-electron chi connectivity index (χ4n) is 6.04. The Bertz CT molecular complexity index is 1030. The lowest BCUT2D eigenvalue weighted by molar-refractivity contribution is -0.136. The Morgan fingerprint density at radius 1 is 1.03 bits per heavy atom. The van der Waals surface area contributed by atoms with Crippen LogP contribution in [0.3, 0.4) is 0 Å². The van der Waals surface area contributed by atoms with Gasteiger partial charge in [-0.25, -0.2) is 0 Å². The van der Waals surface area contributed by atoms with Crippen molar-refractivity contribution in [3.05, 3.63) is 69.7 Å². The molecule has 3 fully saturated rings. The summed E-state index contributed by atoms with van der Waals surface area (Å²) in [6.45, 7) is 6.32. The Morgan fingerprint density at radius 3 is 2.57 bits per heavy atom. The summed E-state index contributed by atoms with van der Waals surface area (Å²) < 4.78 is 0. The van der Waals surface area contributed by atoms with Gasteiger partial charge in [-0.3, -0.25) is 9.69 Å². The highest BCUT2D eigenvalue weighted by Crippen LogP contribution is 2.41. The van der Waals surface area contributed by atoms with Gasteiger partial charge in [0.1, 0.15) is 0 Å². The van der Waals surface area contributed by atoms with Crippen LogP contribution in [0, 0.1) is 0 Å². The van der Waals surface area contributed by atoms with Gasteiger partial charge in [-0.05, 0) is 62.0 Å². The molecule has 3 heterocycles. The number of piperidine rings is 2. The van der Waals surface area contributed by atoms with Crippen molar-refractivity contribution in [1.29, 1.82) is 0 Å². The van der Waals surface area contributed by atoms with Crippen molar-refractivity contribution in [1.82, 2.24) is 14.7 Å². The third-order valence-electron chi connectivity index (χ3n) is 8.20. The number of aliphatic hydroxyl groups is 1. The van der Waals surface area contributed by atoms with Crippen molar-refractivity contribution in [2.45, 2.75) is 56.2 Å². The smallest absolute Gasteiger partial charge is 0.222 e. The largest absolute Gasteiger partial charge is 0.392 e. The molecule has 2 aromatic carbocycles. The number of halogens is 2. The highest BCUT2D eigenvalue weighted by atomic mass is 35.5. The van der Waals surface area contributed by atoms with Crippen molar-refractivity contribution < 1.29 is 9.90 Å². The molecule has 2 unspecified atom stereocenters. The van der Waals surface area contributed by atoms with Gasteiger partial charge in [0.2, 0.25) is 5.91 Å². The number of carbonyl (C=O) groups is 1. The fourth-order valence-corrected chi connectivity index (χ4v) is 6.34. The van der Waals surface area contributed by atoms with Gasteiger partial charge < -0.3 is 14.9 Å². The van der Waals surface area contributed by atoms with Crippen LogP contribution in [0.2, 0.25) is 10.0 Å². The molecule has 7 heteroatoms. The zero-order valence-electron chi connectivity index (χ0n) is 20.2. The molecule has 35 heavy (non-hydrogen) atoms. The molecule has 5 nitrogen and oxygen atoms in total. The van der Waals surface area contributed by atoms with Gasteiger partial charge in [0, 0.05) is 50.6 Å². The van der Waals surface area contributed by atoms with E-state index in [1.54, 1.807) is 0 Å². The van der Waals surface area contributed by atoms with E-state index in [0.29, 0.717) is 35.6 Å². The van der Waals surface area contributed by atoms with Gasteiger partial charge in [-0.15, -0.1) is 0 Å². The van der Waals surface area contributed by atoms with Crippen LogP contribution in [0.1, 0.15) is 43.2 Å². The van der Waals surface area contributed by atoms with Crippen LogP contribution in [0.5, 0.6) is 0 Å². The fraction of sp³-hybridized carbons (Fsp3) is 0.536.